The minimum absolute atomic E-state index is 0.0309. The third kappa shape index (κ3) is 15.5. The number of aromatic nitrogens is 2. The summed E-state index contributed by atoms with van der Waals surface area (Å²) >= 11 is 0. The van der Waals surface area contributed by atoms with Crippen molar-refractivity contribution in [2.45, 2.75) is 103 Å². The van der Waals surface area contributed by atoms with E-state index in [-0.39, 0.29) is 37.8 Å². The van der Waals surface area contributed by atoms with Crippen molar-refractivity contribution in [1.82, 2.24) is 9.55 Å². The first kappa shape index (κ1) is 36.8. The maximum Gasteiger partial charge on any atom is 0.356 e. The number of nitrogens with one attached hydrogen (secondary N) is 1. The fourth-order valence-corrected chi connectivity index (χ4v) is 6.44. The number of anilines is 1. The number of carbonyl (C=O) groups excluding carboxylic acids is 1. The van der Waals surface area contributed by atoms with Crippen molar-refractivity contribution in [2.24, 2.45) is 0 Å². The zero-order chi connectivity index (χ0) is 32.0. The number of nitrogens with zero attached hydrogens (tertiary/aromatic N) is 2. The molecule has 1 saturated heterocycles. The third-order valence-corrected chi connectivity index (χ3v) is 9.23. The Hall–Kier alpha value is -2.62. The highest BCUT2D eigenvalue weighted by molar-refractivity contribution is 7.53. The smallest absolute Gasteiger partial charge is 0.356 e. The molecule has 250 valence electrons. The van der Waals surface area contributed by atoms with Crippen LogP contribution in [0, 0.1) is 0 Å². The lowest BCUT2D eigenvalue weighted by atomic mass is 10.0. The van der Waals surface area contributed by atoms with Crippen molar-refractivity contribution in [3.63, 3.8) is 0 Å². The summed E-state index contributed by atoms with van der Waals surface area (Å²) in [6, 6.07) is 10.2. The van der Waals surface area contributed by atoms with Crippen LogP contribution in [0.4, 0.5) is 5.82 Å². The number of rotatable bonds is 24. The van der Waals surface area contributed by atoms with Crippen molar-refractivity contribution in [3.8, 4) is 0 Å². The summed E-state index contributed by atoms with van der Waals surface area (Å²) in [5, 5.41) is 2.62. The zero-order valence-electron chi connectivity index (χ0n) is 26.7. The van der Waals surface area contributed by atoms with Gasteiger partial charge < -0.3 is 23.8 Å². The lowest BCUT2D eigenvalue weighted by molar-refractivity contribution is -0.0154. The van der Waals surface area contributed by atoms with E-state index < -0.39 is 19.4 Å². The zero-order valence-corrected chi connectivity index (χ0v) is 27.6. The summed E-state index contributed by atoms with van der Waals surface area (Å²) in [5.74, 6) is -0.194. The molecule has 1 unspecified atom stereocenters. The van der Waals surface area contributed by atoms with Gasteiger partial charge in [-0.15, -0.1) is 6.58 Å². The Morgan fingerprint density at radius 1 is 0.933 bits per heavy atom. The number of hydrogen-bond acceptors (Lipinski definition) is 8. The molecule has 3 rings (SSSR count). The quantitative estimate of drug-likeness (QED) is 0.0700. The van der Waals surface area contributed by atoms with Crippen molar-refractivity contribution in [2.75, 3.05) is 38.1 Å². The maximum atomic E-state index is 12.8. The van der Waals surface area contributed by atoms with E-state index in [1.165, 1.54) is 81.4 Å². The molecule has 11 heteroatoms. The normalized spacial score (nSPS) is 18.1. The van der Waals surface area contributed by atoms with Crippen molar-refractivity contribution in [1.29, 1.82) is 0 Å². The Bertz CT molecular complexity index is 1210. The second-order valence-electron chi connectivity index (χ2n) is 11.5. The number of carbonyl (C=O) groups is 1. The van der Waals surface area contributed by atoms with E-state index in [1.54, 1.807) is 30.3 Å². The Labute approximate surface area is 268 Å². The molecule has 0 aliphatic carbocycles. The highest BCUT2D eigenvalue weighted by atomic mass is 31.2. The van der Waals surface area contributed by atoms with Crippen LogP contribution in [-0.4, -0.2) is 54.3 Å². The molecule has 1 fully saturated rings. The second kappa shape index (κ2) is 22.0. The predicted octanol–water partition coefficient (Wildman–Crippen LogP) is 7.74. The molecule has 1 aromatic heterocycles. The molecular weight excluding hydrogens is 593 g/mol. The highest BCUT2D eigenvalue weighted by Crippen LogP contribution is 2.50. The van der Waals surface area contributed by atoms with Crippen LogP contribution in [-0.2, 0) is 29.6 Å². The van der Waals surface area contributed by atoms with E-state index in [0.29, 0.717) is 18.6 Å². The first-order valence-electron chi connectivity index (χ1n) is 16.6. The van der Waals surface area contributed by atoms with Gasteiger partial charge in [0.1, 0.15) is 18.3 Å². The van der Waals surface area contributed by atoms with E-state index in [2.05, 4.69) is 16.9 Å². The molecule has 1 amide bonds. The molecule has 0 bridgehead atoms. The minimum Gasteiger partial charge on any atom is -0.381 e. The average Bonchev–Trinajstić information content (AvgIpc) is 3.05. The lowest BCUT2D eigenvalue weighted by Crippen LogP contribution is -2.35. The van der Waals surface area contributed by atoms with Crippen molar-refractivity contribution in [3.05, 3.63) is 71.3 Å². The first-order valence-corrected chi connectivity index (χ1v) is 18.3. The number of hydrogen-bond donors (Lipinski definition) is 1. The monoisotopic (exact) mass is 645 g/mol. The fourth-order valence-electron chi connectivity index (χ4n) is 5.02. The number of amides is 1. The Morgan fingerprint density at radius 3 is 2.20 bits per heavy atom. The van der Waals surface area contributed by atoms with Gasteiger partial charge in [-0.25, -0.2) is 4.79 Å². The molecule has 0 saturated carbocycles. The van der Waals surface area contributed by atoms with Gasteiger partial charge in [0.05, 0.1) is 19.8 Å². The molecule has 1 aliphatic rings. The summed E-state index contributed by atoms with van der Waals surface area (Å²) in [6.07, 6.45) is 20.3. The summed E-state index contributed by atoms with van der Waals surface area (Å²) in [5.41, 5.74) is -0.0736. The Kier molecular flexibility index (Phi) is 18.0. The van der Waals surface area contributed by atoms with Crippen molar-refractivity contribution >= 4 is 19.3 Å². The molecule has 45 heavy (non-hydrogen) atoms. The molecule has 0 radical (unpaired) electrons. The molecular formula is C34H52N3O7P. The van der Waals surface area contributed by atoms with Crippen LogP contribution in [0.25, 0.3) is 0 Å². The molecule has 0 spiro atoms. The molecule has 2 atom stereocenters. The van der Waals surface area contributed by atoms with Gasteiger partial charge >= 0.3 is 13.3 Å². The standard InChI is InChI=1S/C34H52N3O7P/c1-2-3-4-5-6-7-8-9-10-11-12-13-14-18-24-41-25-19-26-43-45(40)29-42-31(28-44-45)27-37-23-22-32(36-34(37)39)35-33(38)30-20-16-15-17-21-30/h2,15-17,20-23,31H,1,3-14,18-19,24-29H2,(H,35,36,38,39)/t31-,45?/m0/s1. The van der Waals surface area contributed by atoms with Crippen LogP contribution in [0.5, 0.6) is 0 Å². The van der Waals surface area contributed by atoms with Crippen LogP contribution in [0.2, 0.25) is 0 Å². The first-order chi connectivity index (χ1) is 22.0. The van der Waals surface area contributed by atoms with Gasteiger partial charge in [0, 0.05) is 25.0 Å². The van der Waals surface area contributed by atoms with Gasteiger partial charge in [0.25, 0.3) is 5.91 Å². The summed E-state index contributed by atoms with van der Waals surface area (Å²) in [6.45, 7) is 5.52. The minimum atomic E-state index is -3.34. The van der Waals surface area contributed by atoms with Crippen LogP contribution < -0.4 is 11.0 Å². The summed E-state index contributed by atoms with van der Waals surface area (Å²) < 4.78 is 36.6. The Balaban J connectivity index is 1.15. The van der Waals surface area contributed by atoms with Crippen LogP contribution in [0.15, 0.2) is 60.0 Å². The highest BCUT2D eigenvalue weighted by Gasteiger charge is 2.33. The van der Waals surface area contributed by atoms with Crippen LogP contribution in [0.3, 0.4) is 0 Å². The summed E-state index contributed by atoms with van der Waals surface area (Å²) in [4.78, 5) is 28.7. The number of allylic oxidation sites excluding steroid dienone is 1. The molecule has 1 aliphatic heterocycles. The van der Waals surface area contributed by atoms with Gasteiger partial charge in [0.15, 0.2) is 0 Å². The van der Waals surface area contributed by atoms with Crippen LogP contribution >= 0.6 is 7.60 Å². The molecule has 2 aromatic rings. The lowest BCUT2D eigenvalue weighted by Gasteiger charge is -2.29. The van der Waals surface area contributed by atoms with E-state index in [9.17, 15) is 14.2 Å². The van der Waals surface area contributed by atoms with E-state index in [1.807, 2.05) is 12.1 Å². The van der Waals surface area contributed by atoms with Gasteiger partial charge in [-0.2, -0.15) is 4.98 Å². The van der Waals surface area contributed by atoms with Gasteiger partial charge in [-0.05, 0) is 43.9 Å². The predicted molar refractivity (Wildman–Crippen MR) is 178 cm³/mol. The van der Waals surface area contributed by atoms with Gasteiger partial charge in [-0.1, -0.05) is 88.5 Å². The average molecular weight is 646 g/mol. The van der Waals surface area contributed by atoms with Crippen molar-refractivity contribution < 1.29 is 27.9 Å². The van der Waals surface area contributed by atoms with E-state index in [0.717, 1.165) is 19.4 Å². The number of unbranched alkanes of at least 4 members (excludes halogenated alkanes) is 12. The molecule has 2 heterocycles. The molecule has 10 nitrogen and oxygen atoms in total. The number of ether oxygens (including phenoxy) is 2. The van der Waals surface area contributed by atoms with E-state index >= 15 is 0 Å². The number of benzene rings is 1. The second-order valence-corrected chi connectivity index (χ2v) is 13.5. The van der Waals surface area contributed by atoms with E-state index in [4.69, 9.17) is 18.5 Å². The largest absolute Gasteiger partial charge is 0.381 e. The Morgan fingerprint density at radius 2 is 1.58 bits per heavy atom. The van der Waals surface area contributed by atoms with Gasteiger partial charge in [0.2, 0.25) is 0 Å². The molecule has 1 N–H and O–H groups in total. The summed E-state index contributed by atoms with van der Waals surface area (Å²) in [7, 11) is -3.34. The maximum absolute atomic E-state index is 12.8. The fraction of sp³-hybridized carbons (Fsp3) is 0.618. The SMILES string of the molecule is C=CCCCCCCCCCCCCCCOCCCOP1(=O)CO[C@@H](Cn2ccc(NC(=O)c3ccccc3)nc2=O)CO1. The van der Waals surface area contributed by atoms with Gasteiger partial charge in [-0.3, -0.25) is 13.9 Å². The molecule has 1 aromatic carbocycles. The van der Waals surface area contributed by atoms with Crippen LogP contribution in [0.1, 0.15) is 100 Å². The topological polar surface area (TPSA) is 118 Å². The third-order valence-electron chi connectivity index (χ3n) is 7.65.